The summed E-state index contributed by atoms with van der Waals surface area (Å²) in [6, 6.07) is 9.85. The first-order valence-corrected chi connectivity index (χ1v) is 8.26. The summed E-state index contributed by atoms with van der Waals surface area (Å²) in [6.45, 7) is 6.81. The van der Waals surface area contributed by atoms with E-state index in [0.717, 1.165) is 18.4 Å². The van der Waals surface area contributed by atoms with E-state index in [-0.39, 0.29) is 24.5 Å². The Bertz CT molecular complexity index is 540. The van der Waals surface area contributed by atoms with Gasteiger partial charge in [-0.05, 0) is 33.6 Å². The number of carbonyl (C=O) groups excluding carboxylic acids is 1. The van der Waals surface area contributed by atoms with Crippen molar-refractivity contribution in [1.29, 1.82) is 0 Å². The molecule has 0 aliphatic carbocycles. The zero-order valence-corrected chi connectivity index (χ0v) is 14.0. The zero-order chi connectivity index (χ0) is 16.4. The fourth-order valence-electron chi connectivity index (χ4n) is 3.09. The first-order valence-electron chi connectivity index (χ1n) is 8.26. The molecule has 3 rings (SSSR count). The Morgan fingerprint density at radius 3 is 2.70 bits per heavy atom. The molecule has 5 nitrogen and oxygen atoms in total. The minimum absolute atomic E-state index is 0.00442. The molecule has 1 aromatic carbocycles. The molecule has 0 radical (unpaired) electrons. The van der Waals surface area contributed by atoms with E-state index in [2.05, 4.69) is 0 Å². The van der Waals surface area contributed by atoms with Crippen molar-refractivity contribution in [3.63, 3.8) is 0 Å². The maximum absolute atomic E-state index is 12.4. The number of benzene rings is 1. The van der Waals surface area contributed by atoms with Crippen LogP contribution in [-0.2, 0) is 14.2 Å². The van der Waals surface area contributed by atoms with Crippen molar-refractivity contribution in [2.24, 2.45) is 0 Å². The smallest absolute Gasteiger partial charge is 0.410 e. The van der Waals surface area contributed by atoms with E-state index in [4.69, 9.17) is 14.2 Å². The fourth-order valence-corrected chi connectivity index (χ4v) is 3.09. The highest BCUT2D eigenvalue weighted by atomic mass is 16.7. The Kier molecular flexibility index (Phi) is 4.60. The number of amides is 1. The predicted octanol–water partition coefficient (Wildman–Crippen LogP) is 3.50. The lowest BCUT2D eigenvalue weighted by Gasteiger charge is -2.45. The van der Waals surface area contributed by atoms with Crippen LogP contribution >= 0.6 is 0 Å². The first-order chi connectivity index (χ1) is 10.9. The van der Waals surface area contributed by atoms with Crippen LogP contribution in [0.1, 0.15) is 45.5 Å². The van der Waals surface area contributed by atoms with Crippen LogP contribution in [-0.4, -0.2) is 41.9 Å². The Hall–Kier alpha value is -1.59. The summed E-state index contributed by atoms with van der Waals surface area (Å²) in [5.41, 5.74) is 0.521. The quantitative estimate of drug-likeness (QED) is 0.795. The van der Waals surface area contributed by atoms with E-state index in [9.17, 15) is 4.79 Å². The van der Waals surface area contributed by atoms with Gasteiger partial charge in [-0.2, -0.15) is 0 Å². The van der Waals surface area contributed by atoms with E-state index in [1.165, 1.54) is 0 Å². The van der Waals surface area contributed by atoms with E-state index in [0.29, 0.717) is 13.2 Å². The molecule has 2 aliphatic rings. The third-order valence-electron chi connectivity index (χ3n) is 4.13. The van der Waals surface area contributed by atoms with Gasteiger partial charge in [-0.3, -0.25) is 0 Å². The van der Waals surface area contributed by atoms with Gasteiger partial charge in [-0.1, -0.05) is 30.3 Å². The normalized spacial score (nSPS) is 28.1. The van der Waals surface area contributed by atoms with Crippen molar-refractivity contribution in [2.45, 2.75) is 57.6 Å². The van der Waals surface area contributed by atoms with Gasteiger partial charge >= 0.3 is 6.09 Å². The second-order valence-corrected chi connectivity index (χ2v) is 7.13. The number of likely N-dealkylation sites (tertiary alicyclic amines) is 1. The molecule has 2 saturated heterocycles. The van der Waals surface area contributed by atoms with Crippen molar-refractivity contribution in [3.05, 3.63) is 35.9 Å². The molecule has 0 saturated carbocycles. The number of piperidine rings is 1. The summed E-state index contributed by atoms with van der Waals surface area (Å²) in [7, 11) is 0. The lowest BCUT2D eigenvalue weighted by Crippen LogP contribution is -2.57. The standard InChI is InChI=1S/C18H25NO4/c1-18(2,3)23-17(20)19-11-7-10-15-14(19)12-21-16(22-15)13-8-5-4-6-9-13/h4-6,8-9,14-16H,7,10-12H2,1-3H3/t14-,15-,16-/m0/s1. The van der Waals surface area contributed by atoms with E-state index >= 15 is 0 Å². The molecule has 23 heavy (non-hydrogen) atoms. The van der Waals surface area contributed by atoms with Crippen LogP contribution in [0.4, 0.5) is 4.79 Å². The molecular formula is C18H25NO4. The summed E-state index contributed by atoms with van der Waals surface area (Å²) in [5, 5.41) is 0. The Morgan fingerprint density at radius 2 is 2.00 bits per heavy atom. The van der Waals surface area contributed by atoms with Gasteiger partial charge in [-0.25, -0.2) is 4.79 Å². The maximum Gasteiger partial charge on any atom is 0.410 e. The average Bonchev–Trinajstić information content (AvgIpc) is 2.53. The molecule has 0 spiro atoms. The Morgan fingerprint density at radius 1 is 1.26 bits per heavy atom. The molecule has 1 aromatic rings. The average molecular weight is 319 g/mol. The molecule has 2 fully saturated rings. The van der Waals surface area contributed by atoms with Crippen molar-refractivity contribution in [2.75, 3.05) is 13.2 Å². The molecule has 0 aromatic heterocycles. The summed E-state index contributed by atoms with van der Waals surface area (Å²) >= 11 is 0. The number of nitrogens with zero attached hydrogens (tertiary/aromatic N) is 1. The molecular weight excluding hydrogens is 294 g/mol. The van der Waals surface area contributed by atoms with Crippen LogP contribution in [0.3, 0.4) is 0 Å². The summed E-state index contributed by atoms with van der Waals surface area (Å²) in [6.07, 6.45) is 1.22. The van der Waals surface area contributed by atoms with Crippen LogP contribution in [0.25, 0.3) is 0 Å². The minimum atomic E-state index is -0.493. The van der Waals surface area contributed by atoms with Crippen LogP contribution < -0.4 is 0 Å². The number of rotatable bonds is 1. The SMILES string of the molecule is CC(C)(C)OC(=O)N1CCC[C@@H]2O[C@@H](c3ccccc3)OC[C@@H]21. The second-order valence-electron chi connectivity index (χ2n) is 7.13. The van der Waals surface area contributed by atoms with Gasteiger partial charge in [0.25, 0.3) is 0 Å². The van der Waals surface area contributed by atoms with Gasteiger partial charge in [0.05, 0.1) is 18.8 Å². The van der Waals surface area contributed by atoms with Crippen molar-refractivity contribution in [1.82, 2.24) is 4.90 Å². The second kappa shape index (κ2) is 6.49. The largest absolute Gasteiger partial charge is 0.444 e. The van der Waals surface area contributed by atoms with Gasteiger partial charge in [0.2, 0.25) is 0 Å². The Balaban J connectivity index is 1.67. The van der Waals surface area contributed by atoms with Gasteiger partial charge in [0, 0.05) is 12.1 Å². The number of fused-ring (bicyclic) bond motifs is 1. The van der Waals surface area contributed by atoms with E-state index in [1.54, 1.807) is 4.90 Å². The van der Waals surface area contributed by atoms with Gasteiger partial charge in [0.15, 0.2) is 6.29 Å². The lowest BCUT2D eigenvalue weighted by molar-refractivity contribution is -0.250. The molecule has 2 heterocycles. The van der Waals surface area contributed by atoms with Crippen molar-refractivity contribution < 1.29 is 19.0 Å². The number of hydrogen-bond acceptors (Lipinski definition) is 4. The highest BCUT2D eigenvalue weighted by molar-refractivity contribution is 5.68. The van der Waals surface area contributed by atoms with Gasteiger partial charge in [0.1, 0.15) is 5.60 Å². The molecule has 0 N–H and O–H groups in total. The van der Waals surface area contributed by atoms with Crippen molar-refractivity contribution in [3.8, 4) is 0 Å². The Labute approximate surface area is 137 Å². The monoisotopic (exact) mass is 319 g/mol. The van der Waals surface area contributed by atoms with Gasteiger partial charge in [-0.15, -0.1) is 0 Å². The highest BCUT2D eigenvalue weighted by Crippen LogP contribution is 2.33. The molecule has 3 atom stereocenters. The molecule has 126 valence electrons. The number of hydrogen-bond donors (Lipinski definition) is 0. The van der Waals surface area contributed by atoms with Crippen molar-refractivity contribution >= 4 is 6.09 Å². The predicted molar refractivity (Wildman–Crippen MR) is 86.0 cm³/mol. The number of carbonyl (C=O) groups is 1. The van der Waals surface area contributed by atoms with E-state index in [1.807, 2.05) is 51.1 Å². The third kappa shape index (κ3) is 3.85. The topological polar surface area (TPSA) is 48.0 Å². The summed E-state index contributed by atoms with van der Waals surface area (Å²) in [4.78, 5) is 14.2. The lowest BCUT2D eigenvalue weighted by atomic mass is 9.98. The van der Waals surface area contributed by atoms with Crippen LogP contribution in [0.15, 0.2) is 30.3 Å². The molecule has 2 aliphatic heterocycles. The summed E-state index contributed by atoms with van der Waals surface area (Å²) < 4.78 is 17.5. The molecule has 1 amide bonds. The zero-order valence-electron chi connectivity index (χ0n) is 14.0. The first kappa shape index (κ1) is 16.3. The van der Waals surface area contributed by atoms with Gasteiger partial charge < -0.3 is 19.1 Å². The highest BCUT2D eigenvalue weighted by Gasteiger charge is 2.42. The fraction of sp³-hybridized carbons (Fsp3) is 0.611. The molecule has 0 unspecified atom stereocenters. The maximum atomic E-state index is 12.4. The number of ether oxygens (including phenoxy) is 3. The third-order valence-corrected chi connectivity index (χ3v) is 4.13. The molecule has 0 bridgehead atoms. The molecule has 5 heteroatoms. The minimum Gasteiger partial charge on any atom is -0.444 e. The van der Waals surface area contributed by atoms with Crippen LogP contribution in [0.2, 0.25) is 0 Å². The van der Waals surface area contributed by atoms with E-state index < -0.39 is 5.60 Å². The van der Waals surface area contributed by atoms with Crippen LogP contribution in [0, 0.1) is 0 Å². The van der Waals surface area contributed by atoms with Crippen LogP contribution in [0.5, 0.6) is 0 Å². The summed E-state index contributed by atoms with van der Waals surface area (Å²) in [5.74, 6) is 0.